The minimum Gasteiger partial charge on any atom is -0.316 e. The highest BCUT2D eigenvalue weighted by Gasteiger charge is 2.16. The van der Waals surface area contributed by atoms with Crippen LogP contribution in [0.25, 0.3) is 0 Å². The Morgan fingerprint density at radius 1 is 1.19 bits per heavy atom. The molecular formula is C13H25N3. The van der Waals surface area contributed by atoms with Crippen molar-refractivity contribution in [2.45, 2.75) is 19.3 Å². The molecule has 0 saturated carbocycles. The molecule has 2 saturated heterocycles. The van der Waals surface area contributed by atoms with Crippen LogP contribution < -0.4 is 10.6 Å². The van der Waals surface area contributed by atoms with Crippen molar-refractivity contribution in [3.05, 3.63) is 12.2 Å². The van der Waals surface area contributed by atoms with Gasteiger partial charge in [-0.25, -0.2) is 0 Å². The van der Waals surface area contributed by atoms with Crippen molar-refractivity contribution >= 4 is 0 Å². The summed E-state index contributed by atoms with van der Waals surface area (Å²) in [5.74, 6) is 0.837. The van der Waals surface area contributed by atoms with Crippen molar-refractivity contribution in [1.29, 1.82) is 0 Å². The third kappa shape index (κ3) is 3.89. The zero-order valence-electron chi connectivity index (χ0n) is 10.3. The first-order valence-corrected chi connectivity index (χ1v) is 6.65. The lowest BCUT2D eigenvalue weighted by atomic mass is 9.92. The molecule has 0 aromatic heterocycles. The van der Waals surface area contributed by atoms with Gasteiger partial charge in [0.25, 0.3) is 0 Å². The Bertz CT molecular complexity index is 193. The molecule has 2 aliphatic rings. The maximum absolute atomic E-state index is 4.25. The molecule has 92 valence electrons. The summed E-state index contributed by atoms with van der Waals surface area (Å²) >= 11 is 0. The second-order valence-corrected chi connectivity index (χ2v) is 5.19. The maximum atomic E-state index is 4.25. The molecule has 2 heterocycles. The van der Waals surface area contributed by atoms with Crippen molar-refractivity contribution in [3.63, 3.8) is 0 Å². The van der Waals surface area contributed by atoms with Crippen LogP contribution in [0.15, 0.2) is 12.2 Å². The first-order chi connectivity index (χ1) is 7.84. The van der Waals surface area contributed by atoms with Crippen LogP contribution in [0.5, 0.6) is 0 Å². The van der Waals surface area contributed by atoms with Crippen molar-refractivity contribution in [1.82, 2.24) is 15.5 Å². The summed E-state index contributed by atoms with van der Waals surface area (Å²) in [5, 5.41) is 6.87. The fourth-order valence-corrected chi connectivity index (χ4v) is 2.76. The smallest absolute Gasteiger partial charge is 0.0191 e. The highest BCUT2D eigenvalue weighted by Crippen LogP contribution is 2.18. The summed E-state index contributed by atoms with van der Waals surface area (Å²) in [6.45, 7) is 12.4. The van der Waals surface area contributed by atoms with E-state index in [2.05, 4.69) is 22.1 Å². The molecule has 2 rings (SSSR count). The zero-order chi connectivity index (χ0) is 11.2. The molecule has 0 spiro atoms. The van der Waals surface area contributed by atoms with E-state index in [0.29, 0.717) is 0 Å². The molecule has 2 N–H and O–H groups in total. The lowest BCUT2D eigenvalue weighted by Crippen LogP contribution is -2.44. The Kier molecular flexibility index (Phi) is 4.82. The molecular weight excluding hydrogens is 198 g/mol. The average molecular weight is 223 g/mol. The van der Waals surface area contributed by atoms with Gasteiger partial charge in [-0.2, -0.15) is 0 Å². The molecule has 0 amide bonds. The monoisotopic (exact) mass is 223 g/mol. The molecule has 3 nitrogen and oxygen atoms in total. The predicted molar refractivity (Wildman–Crippen MR) is 68.7 cm³/mol. The Hall–Kier alpha value is -0.380. The zero-order valence-corrected chi connectivity index (χ0v) is 10.3. The van der Waals surface area contributed by atoms with Crippen LogP contribution in [0, 0.1) is 5.92 Å². The lowest BCUT2D eigenvalue weighted by molar-refractivity contribution is 0.253. The number of piperazine rings is 1. The SMILES string of the molecule is C=C(CC1CCCNC1)CN1CCNCC1. The van der Waals surface area contributed by atoms with E-state index in [1.807, 2.05) is 0 Å². The molecule has 0 bridgehead atoms. The van der Waals surface area contributed by atoms with E-state index in [4.69, 9.17) is 0 Å². The highest BCUT2D eigenvalue weighted by molar-refractivity contribution is 5.00. The molecule has 0 aromatic rings. The van der Waals surface area contributed by atoms with Gasteiger partial charge in [0.1, 0.15) is 0 Å². The largest absolute Gasteiger partial charge is 0.316 e. The summed E-state index contributed by atoms with van der Waals surface area (Å²) in [6.07, 6.45) is 3.94. The van der Waals surface area contributed by atoms with Crippen LogP contribution in [0.2, 0.25) is 0 Å². The van der Waals surface area contributed by atoms with Crippen molar-refractivity contribution in [2.75, 3.05) is 45.8 Å². The minimum absolute atomic E-state index is 0.837. The molecule has 2 aliphatic heterocycles. The first kappa shape index (κ1) is 12.1. The van der Waals surface area contributed by atoms with Crippen LogP contribution in [0.3, 0.4) is 0 Å². The average Bonchev–Trinajstić information content (AvgIpc) is 2.31. The number of hydrogen-bond donors (Lipinski definition) is 2. The Morgan fingerprint density at radius 3 is 2.69 bits per heavy atom. The summed E-state index contributed by atoms with van der Waals surface area (Å²) in [5.41, 5.74) is 1.43. The van der Waals surface area contributed by atoms with Gasteiger partial charge in [-0.15, -0.1) is 0 Å². The molecule has 1 unspecified atom stereocenters. The van der Waals surface area contributed by atoms with E-state index in [1.54, 1.807) is 0 Å². The standard InChI is InChI=1S/C13H25N3/c1-12(9-13-3-2-4-15-10-13)11-16-7-5-14-6-8-16/h13-15H,1-11H2. The molecule has 3 heteroatoms. The second kappa shape index (κ2) is 6.38. The van der Waals surface area contributed by atoms with E-state index in [1.165, 1.54) is 51.0 Å². The van der Waals surface area contributed by atoms with Gasteiger partial charge in [0.15, 0.2) is 0 Å². The fourth-order valence-electron chi connectivity index (χ4n) is 2.76. The van der Waals surface area contributed by atoms with Crippen LogP contribution in [0.4, 0.5) is 0 Å². The summed E-state index contributed by atoms with van der Waals surface area (Å²) in [6, 6.07) is 0. The Labute approximate surface area is 99.3 Å². The number of hydrogen-bond acceptors (Lipinski definition) is 3. The van der Waals surface area contributed by atoms with Gasteiger partial charge < -0.3 is 10.6 Å². The molecule has 0 aliphatic carbocycles. The van der Waals surface area contributed by atoms with Crippen LogP contribution in [-0.2, 0) is 0 Å². The number of nitrogens with one attached hydrogen (secondary N) is 2. The van der Waals surface area contributed by atoms with Gasteiger partial charge in [-0.1, -0.05) is 12.2 Å². The topological polar surface area (TPSA) is 27.3 Å². The van der Waals surface area contributed by atoms with Crippen molar-refractivity contribution < 1.29 is 0 Å². The van der Waals surface area contributed by atoms with Gasteiger partial charge in [-0.3, -0.25) is 4.90 Å². The van der Waals surface area contributed by atoms with Gasteiger partial charge in [0.05, 0.1) is 0 Å². The third-order valence-corrected chi connectivity index (χ3v) is 3.63. The van der Waals surface area contributed by atoms with E-state index in [0.717, 1.165) is 25.6 Å². The molecule has 16 heavy (non-hydrogen) atoms. The molecule has 1 atom stereocenters. The normalized spacial score (nSPS) is 27.9. The van der Waals surface area contributed by atoms with Gasteiger partial charge >= 0.3 is 0 Å². The van der Waals surface area contributed by atoms with Gasteiger partial charge in [0, 0.05) is 32.7 Å². The Morgan fingerprint density at radius 2 is 2.00 bits per heavy atom. The van der Waals surface area contributed by atoms with Crippen molar-refractivity contribution in [3.8, 4) is 0 Å². The number of nitrogens with zero attached hydrogens (tertiary/aromatic N) is 1. The summed E-state index contributed by atoms with van der Waals surface area (Å²) in [7, 11) is 0. The third-order valence-electron chi connectivity index (χ3n) is 3.63. The van der Waals surface area contributed by atoms with Crippen LogP contribution in [0.1, 0.15) is 19.3 Å². The van der Waals surface area contributed by atoms with Crippen LogP contribution in [-0.4, -0.2) is 50.7 Å². The van der Waals surface area contributed by atoms with E-state index in [9.17, 15) is 0 Å². The van der Waals surface area contributed by atoms with Crippen LogP contribution >= 0.6 is 0 Å². The highest BCUT2D eigenvalue weighted by atomic mass is 15.2. The molecule has 2 fully saturated rings. The fraction of sp³-hybridized carbons (Fsp3) is 0.846. The number of rotatable bonds is 4. The number of piperidine rings is 1. The summed E-state index contributed by atoms with van der Waals surface area (Å²) < 4.78 is 0. The maximum Gasteiger partial charge on any atom is 0.0191 e. The van der Waals surface area contributed by atoms with E-state index < -0.39 is 0 Å². The quantitative estimate of drug-likeness (QED) is 0.692. The van der Waals surface area contributed by atoms with E-state index >= 15 is 0 Å². The lowest BCUT2D eigenvalue weighted by Gasteiger charge is -2.29. The minimum atomic E-state index is 0.837. The second-order valence-electron chi connectivity index (χ2n) is 5.19. The van der Waals surface area contributed by atoms with Crippen molar-refractivity contribution in [2.24, 2.45) is 5.92 Å². The molecule has 0 aromatic carbocycles. The first-order valence-electron chi connectivity index (χ1n) is 6.65. The predicted octanol–water partition coefficient (Wildman–Crippen LogP) is 0.838. The van der Waals surface area contributed by atoms with Gasteiger partial charge in [0.2, 0.25) is 0 Å². The summed E-state index contributed by atoms with van der Waals surface area (Å²) in [4.78, 5) is 2.52. The Balaban J connectivity index is 1.66. The molecule has 0 radical (unpaired) electrons. The van der Waals surface area contributed by atoms with E-state index in [-0.39, 0.29) is 0 Å². The van der Waals surface area contributed by atoms with Gasteiger partial charge in [-0.05, 0) is 38.3 Å².